The number of morpholine rings is 1. The summed E-state index contributed by atoms with van der Waals surface area (Å²) in [5, 5.41) is 4.54. The van der Waals surface area contributed by atoms with E-state index in [1.807, 2.05) is 41.3 Å². The van der Waals surface area contributed by atoms with Crippen LogP contribution < -0.4 is 0 Å². The molecule has 0 bridgehead atoms. The van der Waals surface area contributed by atoms with Gasteiger partial charge in [-0.15, -0.1) is 6.42 Å². The third-order valence-corrected chi connectivity index (χ3v) is 4.24. The van der Waals surface area contributed by atoms with Crippen LogP contribution in [0, 0.1) is 12.3 Å². The molecular formula is C19H16N4O2. The molecule has 1 fully saturated rings. The summed E-state index contributed by atoms with van der Waals surface area (Å²) < 4.78 is 6.93. The van der Waals surface area contributed by atoms with Crippen LogP contribution in [-0.2, 0) is 4.74 Å². The van der Waals surface area contributed by atoms with Gasteiger partial charge in [0.2, 0.25) is 0 Å². The summed E-state index contributed by atoms with van der Waals surface area (Å²) in [5.74, 6) is 2.60. The maximum Gasteiger partial charge on any atom is 0.254 e. The quantitative estimate of drug-likeness (QED) is 0.672. The Morgan fingerprint density at radius 1 is 1.12 bits per heavy atom. The van der Waals surface area contributed by atoms with E-state index in [1.54, 1.807) is 10.7 Å². The normalized spacial score (nSPS) is 14.4. The van der Waals surface area contributed by atoms with Crippen LogP contribution in [0.2, 0.25) is 0 Å². The highest BCUT2D eigenvalue weighted by Gasteiger charge is 2.18. The van der Waals surface area contributed by atoms with Crippen molar-refractivity contribution >= 4 is 11.6 Å². The van der Waals surface area contributed by atoms with E-state index in [0.29, 0.717) is 43.2 Å². The Bertz CT molecular complexity index is 963. The van der Waals surface area contributed by atoms with Crippen molar-refractivity contribution in [3.8, 4) is 23.6 Å². The summed E-state index contributed by atoms with van der Waals surface area (Å²) in [4.78, 5) is 18.5. The van der Waals surface area contributed by atoms with Crippen LogP contribution in [0.15, 0.2) is 42.6 Å². The molecule has 1 amide bonds. The predicted octanol–water partition coefficient (Wildman–Crippen LogP) is 1.85. The molecule has 1 aliphatic heterocycles. The number of hydrogen-bond acceptors (Lipinski definition) is 4. The number of aromatic nitrogens is 3. The molecule has 0 radical (unpaired) electrons. The molecule has 4 rings (SSSR count). The van der Waals surface area contributed by atoms with Crippen LogP contribution in [0.4, 0.5) is 0 Å². The van der Waals surface area contributed by atoms with E-state index in [9.17, 15) is 4.79 Å². The zero-order valence-corrected chi connectivity index (χ0v) is 13.6. The number of nitrogens with zero attached hydrogens (tertiary/aromatic N) is 4. The van der Waals surface area contributed by atoms with Crippen LogP contribution in [0.5, 0.6) is 0 Å². The first-order valence-corrected chi connectivity index (χ1v) is 8.05. The summed E-state index contributed by atoms with van der Waals surface area (Å²) in [6, 6.07) is 11.2. The molecule has 1 aromatic carbocycles. The van der Waals surface area contributed by atoms with Crippen molar-refractivity contribution in [3.63, 3.8) is 0 Å². The minimum Gasteiger partial charge on any atom is -0.378 e. The van der Waals surface area contributed by atoms with Crippen LogP contribution in [0.3, 0.4) is 0 Å². The van der Waals surface area contributed by atoms with E-state index in [4.69, 9.17) is 11.2 Å². The van der Waals surface area contributed by atoms with Crippen molar-refractivity contribution in [3.05, 3.63) is 53.9 Å². The molecule has 0 atom stereocenters. The monoisotopic (exact) mass is 332 g/mol. The van der Waals surface area contributed by atoms with E-state index in [0.717, 1.165) is 11.3 Å². The standard InChI is InChI=1S/C19H16N4O2/c1-2-16-13-20-18-8-7-17(21-23(16)18)14-3-5-15(6-4-14)19(24)22-9-11-25-12-10-22/h1,3-8,13H,9-12H2. The van der Waals surface area contributed by atoms with E-state index < -0.39 is 0 Å². The van der Waals surface area contributed by atoms with Gasteiger partial charge in [-0.25, -0.2) is 9.50 Å². The first kappa shape index (κ1) is 15.4. The van der Waals surface area contributed by atoms with Crippen molar-refractivity contribution in [2.75, 3.05) is 26.3 Å². The lowest BCUT2D eigenvalue weighted by molar-refractivity contribution is 0.0303. The number of benzene rings is 1. The molecule has 1 aliphatic rings. The van der Waals surface area contributed by atoms with Gasteiger partial charge >= 0.3 is 0 Å². The third kappa shape index (κ3) is 2.86. The molecular weight excluding hydrogens is 316 g/mol. The second kappa shape index (κ2) is 6.38. The van der Waals surface area contributed by atoms with Crippen molar-refractivity contribution < 1.29 is 9.53 Å². The Balaban J connectivity index is 1.61. The Kier molecular flexibility index (Phi) is 3.92. The SMILES string of the molecule is C#Cc1cnc2ccc(-c3ccc(C(=O)N4CCOCC4)cc3)nn12. The van der Waals surface area contributed by atoms with Gasteiger partial charge in [-0.2, -0.15) is 5.10 Å². The highest BCUT2D eigenvalue weighted by atomic mass is 16.5. The summed E-state index contributed by atoms with van der Waals surface area (Å²) >= 11 is 0. The molecule has 1 saturated heterocycles. The molecule has 6 nitrogen and oxygen atoms in total. The fourth-order valence-corrected chi connectivity index (χ4v) is 2.86. The van der Waals surface area contributed by atoms with E-state index in [2.05, 4.69) is 16.0 Å². The van der Waals surface area contributed by atoms with Gasteiger partial charge in [-0.1, -0.05) is 12.1 Å². The van der Waals surface area contributed by atoms with E-state index in [-0.39, 0.29) is 5.91 Å². The van der Waals surface area contributed by atoms with Gasteiger partial charge in [0, 0.05) is 24.2 Å². The molecule has 0 spiro atoms. The molecule has 124 valence electrons. The highest BCUT2D eigenvalue weighted by molar-refractivity contribution is 5.94. The lowest BCUT2D eigenvalue weighted by Crippen LogP contribution is -2.40. The van der Waals surface area contributed by atoms with Gasteiger partial charge in [0.15, 0.2) is 5.65 Å². The number of ether oxygens (including phenoxy) is 1. The number of rotatable bonds is 2. The van der Waals surface area contributed by atoms with Crippen LogP contribution in [-0.4, -0.2) is 51.7 Å². The Morgan fingerprint density at radius 3 is 2.60 bits per heavy atom. The maximum atomic E-state index is 12.5. The highest BCUT2D eigenvalue weighted by Crippen LogP contribution is 2.19. The lowest BCUT2D eigenvalue weighted by atomic mass is 10.1. The third-order valence-electron chi connectivity index (χ3n) is 4.24. The fraction of sp³-hybridized carbons (Fsp3) is 0.211. The molecule has 3 heterocycles. The first-order valence-electron chi connectivity index (χ1n) is 8.05. The molecule has 3 aromatic rings. The average Bonchev–Trinajstić information content (AvgIpc) is 3.10. The van der Waals surface area contributed by atoms with Gasteiger partial charge in [-0.3, -0.25) is 4.79 Å². The van der Waals surface area contributed by atoms with Gasteiger partial charge in [-0.05, 0) is 30.2 Å². The van der Waals surface area contributed by atoms with Crippen LogP contribution >= 0.6 is 0 Å². The van der Waals surface area contributed by atoms with Crippen molar-refractivity contribution in [2.45, 2.75) is 0 Å². The van der Waals surface area contributed by atoms with Crippen molar-refractivity contribution in [1.29, 1.82) is 0 Å². The predicted molar refractivity (Wildman–Crippen MR) is 93.1 cm³/mol. The van der Waals surface area contributed by atoms with Gasteiger partial charge in [0.05, 0.1) is 25.1 Å². The number of amides is 1. The molecule has 0 aliphatic carbocycles. The Labute approximate surface area is 145 Å². The van der Waals surface area contributed by atoms with E-state index >= 15 is 0 Å². The first-order chi connectivity index (χ1) is 12.3. The lowest BCUT2D eigenvalue weighted by Gasteiger charge is -2.26. The smallest absolute Gasteiger partial charge is 0.254 e. The van der Waals surface area contributed by atoms with Crippen LogP contribution in [0.1, 0.15) is 16.1 Å². The minimum absolute atomic E-state index is 0.0301. The van der Waals surface area contributed by atoms with Gasteiger partial charge in [0.1, 0.15) is 5.69 Å². The van der Waals surface area contributed by atoms with Gasteiger partial charge < -0.3 is 9.64 Å². The summed E-state index contributed by atoms with van der Waals surface area (Å²) in [7, 11) is 0. The zero-order chi connectivity index (χ0) is 17.2. The number of hydrogen-bond donors (Lipinski definition) is 0. The summed E-state index contributed by atoms with van der Waals surface area (Å²) in [6.45, 7) is 2.45. The number of carbonyl (C=O) groups is 1. The van der Waals surface area contributed by atoms with Crippen LogP contribution in [0.25, 0.3) is 16.9 Å². The number of fused-ring (bicyclic) bond motifs is 1. The maximum absolute atomic E-state index is 12.5. The summed E-state index contributed by atoms with van der Waals surface area (Å²) in [5.41, 5.74) is 3.66. The fourth-order valence-electron chi connectivity index (χ4n) is 2.86. The molecule has 2 aromatic heterocycles. The summed E-state index contributed by atoms with van der Waals surface area (Å²) in [6.07, 6.45) is 7.09. The Hall–Kier alpha value is -3.17. The van der Waals surface area contributed by atoms with Gasteiger partial charge in [0.25, 0.3) is 5.91 Å². The number of terminal acetylenes is 1. The molecule has 0 unspecified atom stereocenters. The van der Waals surface area contributed by atoms with E-state index in [1.165, 1.54) is 0 Å². The Morgan fingerprint density at radius 2 is 1.88 bits per heavy atom. The number of carbonyl (C=O) groups excluding carboxylic acids is 1. The molecule has 0 N–H and O–H groups in total. The minimum atomic E-state index is 0.0301. The average molecular weight is 332 g/mol. The topological polar surface area (TPSA) is 59.7 Å². The second-order valence-electron chi connectivity index (χ2n) is 5.76. The second-order valence-corrected chi connectivity index (χ2v) is 5.76. The molecule has 6 heteroatoms. The van der Waals surface area contributed by atoms with Crippen molar-refractivity contribution in [2.24, 2.45) is 0 Å². The zero-order valence-electron chi connectivity index (χ0n) is 13.6. The number of imidazole rings is 1. The van der Waals surface area contributed by atoms with Crippen molar-refractivity contribution in [1.82, 2.24) is 19.5 Å². The molecule has 25 heavy (non-hydrogen) atoms. The largest absolute Gasteiger partial charge is 0.378 e. The molecule has 0 saturated carbocycles.